The first-order valence-corrected chi connectivity index (χ1v) is 13.7. The van der Waals surface area contributed by atoms with Crippen LogP contribution in [-0.4, -0.2) is 54.6 Å². The highest BCUT2D eigenvalue weighted by molar-refractivity contribution is 7.19. The topological polar surface area (TPSA) is 103 Å². The number of amides is 1. The van der Waals surface area contributed by atoms with Gasteiger partial charge in [0, 0.05) is 50.6 Å². The number of hydrogen-bond acceptors (Lipinski definition) is 9. The molecule has 1 aliphatic heterocycles. The molecule has 0 fully saturated rings. The molecule has 1 amide bonds. The number of hydrogen-bond donors (Lipinski definition) is 4. The fourth-order valence-electron chi connectivity index (χ4n) is 4.94. The van der Waals surface area contributed by atoms with E-state index in [0.29, 0.717) is 6.61 Å². The van der Waals surface area contributed by atoms with Crippen LogP contribution in [0.2, 0.25) is 0 Å². The molecule has 0 saturated carbocycles. The van der Waals surface area contributed by atoms with Gasteiger partial charge in [0.05, 0.1) is 16.8 Å². The van der Waals surface area contributed by atoms with Gasteiger partial charge in [0.1, 0.15) is 29.3 Å². The van der Waals surface area contributed by atoms with E-state index in [9.17, 15) is 4.79 Å². The van der Waals surface area contributed by atoms with E-state index in [1.54, 1.807) is 22.6 Å². The van der Waals surface area contributed by atoms with Crippen molar-refractivity contribution in [1.29, 1.82) is 0 Å². The molecule has 37 heavy (non-hydrogen) atoms. The lowest BCUT2D eigenvalue weighted by Crippen LogP contribution is -2.32. The maximum absolute atomic E-state index is 12.6. The van der Waals surface area contributed by atoms with Crippen LogP contribution in [0.15, 0.2) is 18.5 Å². The average Bonchev–Trinajstić information content (AvgIpc) is 3.46. The van der Waals surface area contributed by atoms with Crippen LogP contribution in [0.1, 0.15) is 43.2 Å². The maximum atomic E-state index is 12.6. The molecule has 0 spiro atoms. The van der Waals surface area contributed by atoms with Gasteiger partial charge >= 0.3 is 0 Å². The molecule has 3 heterocycles. The number of carbonyl (C=O) groups is 1. The molecule has 1 atom stereocenters. The van der Waals surface area contributed by atoms with E-state index in [1.807, 2.05) is 20.2 Å². The Hall–Kier alpha value is -2.95. The van der Waals surface area contributed by atoms with Crippen LogP contribution in [0.3, 0.4) is 0 Å². The molecule has 0 unspecified atom stereocenters. The number of rotatable bonds is 8. The fourth-order valence-corrected chi connectivity index (χ4v) is 6.21. The van der Waals surface area contributed by atoms with Crippen LogP contribution in [0.5, 0.6) is 5.75 Å². The third kappa shape index (κ3) is 5.66. The second-order valence-electron chi connectivity index (χ2n) is 11.3. The quantitative estimate of drug-likeness (QED) is 0.328. The number of carbonyl (C=O) groups excluding carboxylic acids is 1. The molecule has 2 aromatic heterocycles. The Bertz CT molecular complexity index is 1300. The zero-order valence-corrected chi connectivity index (χ0v) is 23.1. The van der Waals surface area contributed by atoms with Gasteiger partial charge < -0.3 is 25.7 Å². The number of ether oxygens (including phenoxy) is 1. The van der Waals surface area contributed by atoms with Crippen molar-refractivity contribution in [3.63, 3.8) is 0 Å². The van der Waals surface area contributed by atoms with Gasteiger partial charge in [0.2, 0.25) is 5.91 Å². The van der Waals surface area contributed by atoms with E-state index >= 15 is 0 Å². The molecule has 5 rings (SSSR count). The molecule has 0 saturated heterocycles. The molecular weight excluding hydrogens is 486 g/mol. The summed E-state index contributed by atoms with van der Waals surface area (Å²) in [5.74, 6) is 1.80. The van der Waals surface area contributed by atoms with Crippen LogP contribution in [-0.2, 0) is 24.2 Å². The first-order chi connectivity index (χ1) is 17.7. The van der Waals surface area contributed by atoms with Crippen LogP contribution in [0, 0.1) is 11.3 Å². The standard InChI is InChI=1S/C27H37N7O2S/c1-27(2,3)14-28-8-9-36-21-12-19-17(13-31-33-19)10-20(21)32-24-23-18-7-6-16(26(35)34(4)5)11-22(18)37-25(23)30-15-29-24/h10,12,15-16,28,31,33H,6-9,11,13-14H2,1-5H3,(H,29,30,32)/t16-/m0/s1. The van der Waals surface area contributed by atoms with E-state index < -0.39 is 0 Å². The number of fused-ring (bicyclic) bond motifs is 4. The Kier molecular flexibility index (Phi) is 7.24. The third-order valence-corrected chi connectivity index (χ3v) is 7.95. The number of thiophene rings is 1. The largest absolute Gasteiger partial charge is 0.490 e. The number of hydrazine groups is 1. The average molecular weight is 524 g/mol. The lowest BCUT2D eigenvalue weighted by Gasteiger charge is -2.24. The van der Waals surface area contributed by atoms with Gasteiger partial charge in [-0.15, -0.1) is 11.3 Å². The van der Waals surface area contributed by atoms with Gasteiger partial charge in [-0.25, -0.2) is 15.4 Å². The highest BCUT2D eigenvalue weighted by Crippen LogP contribution is 2.42. The molecule has 3 aromatic rings. The summed E-state index contributed by atoms with van der Waals surface area (Å²) in [6.45, 7) is 9.65. The SMILES string of the molecule is CN(C)C(=O)[C@H]1CCc2c(sc3ncnc(Nc4cc5c(cc4OCCNCC(C)(C)C)NNC5)c23)C1. The second kappa shape index (κ2) is 10.4. The molecule has 0 radical (unpaired) electrons. The summed E-state index contributed by atoms with van der Waals surface area (Å²) in [4.78, 5) is 25.7. The Balaban J connectivity index is 1.40. The highest BCUT2D eigenvalue weighted by atomic mass is 32.1. The zero-order chi connectivity index (χ0) is 26.2. The normalized spacial score (nSPS) is 16.7. The minimum Gasteiger partial charge on any atom is -0.490 e. The number of aromatic nitrogens is 2. The molecule has 4 N–H and O–H groups in total. The van der Waals surface area contributed by atoms with Gasteiger partial charge in [0.15, 0.2) is 0 Å². The number of nitrogens with zero attached hydrogens (tertiary/aromatic N) is 3. The Morgan fingerprint density at radius 3 is 2.89 bits per heavy atom. The van der Waals surface area contributed by atoms with E-state index in [0.717, 1.165) is 72.1 Å². The van der Waals surface area contributed by atoms with Crippen molar-refractivity contribution in [1.82, 2.24) is 25.6 Å². The maximum Gasteiger partial charge on any atom is 0.225 e. The minimum absolute atomic E-state index is 0.0311. The summed E-state index contributed by atoms with van der Waals surface area (Å²) >= 11 is 1.68. The summed E-state index contributed by atoms with van der Waals surface area (Å²) < 4.78 is 6.24. The predicted octanol–water partition coefficient (Wildman–Crippen LogP) is 4.07. The van der Waals surface area contributed by atoms with Crippen molar-refractivity contribution >= 4 is 44.7 Å². The van der Waals surface area contributed by atoms with Crippen LogP contribution in [0.4, 0.5) is 17.2 Å². The van der Waals surface area contributed by atoms with Crippen molar-refractivity contribution < 1.29 is 9.53 Å². The van der Waals surface area contributed by atoms with E-state index in [-0.39, 0.29) is 17.2 Å². The summed E-state index contributed by atoms with van der Waals surface area (Å²) in [7, 11) is 3.66. The van der Waals surface area contributed by atoms with Gasteiger partial charge in [-0.3, -0.25) is 4.79 Å². The monoisotopic (exact) mass is 523 g/mol. The van der Waals surface area contributed by atoms with Crippen molar-refractivity contribution in [2.75, 3.05) is 44.5 Å². The van der Waals surface area contributed by atoms with Crippen molar-refractivity contribution in [2.45, 2.75) is 46.6 Å². The van der Waals surface area contributed by atoms with E-state index in [2.05, 4.69) is 58.3 Å². The Morgan fingerprint density at radius 2 is 2.11 bits per heavy atom. The smallest absolute Gasteiger partial charge is 0.225 e. The van der Waals surface area contributed by atoms with Crippen LogP contribution >= 0.6 is 11.3 Å². The minimum atomic E-state index is 0.0311. The fraction of sp³-hybridized carbons (Fsp3) is 0.519. The van der Waals surface area contributed by atoms with E-state index in [4.69, 9.17) is 4.74 Å². The number of anilines is 3. The summed E-state index contributed by atoms with van der Waals surface area (Å²) in [6, 6.07) is 4.17. The Labute approximate surface area is 222 Å². The first kappa shape index (κ1) is 25.7. The zero-order valence-electron chi connectivity index (χ0n) is 22.3. The first-order valence-electron chi connectivity index (χ1n) is 12.9. The Morgan fingerprint density at radius 1 is 1.27 bits per heavy atom. The molecular formula is C27H37N7O2S. The molecule has 9 nitrogen and oxygen atoms in total. The highest BCUT2D eigenvalue weighted by Gasteiger charge is 2.30. The number of benzene rings is 1. The summed E-state index contributed by atoms with van der Waals surface area (Å²) in [6.07, 6.45) is 4.07. The van der Waals surface area contributed by atoms with Crippen LogP contribution < -0.4 is 26.2 Å². The molecule has 2 aliphatic rings. The van der Waals surface area contributed by atoms with Crippen molar-refractivity contribution in [3.8, 4) is 5.75 Å². The molecule has 1 aromatic carbocycles. The third-order valence-electron chi connectivity index (χ3n) is 6.79. The molecule has 1 aliphatic carbocycles. The number of aryl methyl sites for hydroxylation is 1. The lowest BCUT2D eigenvalue weighted by atomic mass is 9.87. The van der Waals surface area contributed by atoms with E-state index in [1.165, 1.54) is 16.0 Å². The number of nitrogens with one attached hydrogen (secondary N) is 4. The second-order valence-corrected chi connectivity index (χ2v) is 12.4. The van der Waals surface area contributed by atoms with Gasteiger partial charge in [-0.1, -0.05) is 20.8 Å². The molecule has 10 heteroatoms. The summed E-state index contributed by atoms with van der Waals surface area (Å²) in [5.41, 5.74) is 11.0. The van der Waals surface area contributed by atoms with Gasteiger partial charge in [-0.2, -0.15) is 0 Å². The molecule has 0 bridgehead atoms. The predicted molar refractivity (Wildman–Crippen MR) is 150 cm³/mol. The van der Waals surface area contributed by atoms with Crippen LogP contribution in [0.25, 0.3) is 10.2 Å². The summed E-state index contributed by atoms with van der Waals surface area (Å²) in [5, 5.41) is 8.11. The van der Waals surface area contributed by atoms with Gasteiger partial charge in [0.25, 0.3) is 0 Å². The van der Waals surface area contributed by atoms with Gasteiger partial charge in [-0.05, 0) is 41.9 Å². The van der Waals surface area contributed by atoms with Crippen molar-refractivity contribution in [2.24, 2.45) is 11.3 Å². The van der Waals surface area contributed by atoms with Crippen molar-refractivity contribution in [3.05, 3.63) is 34.5 Å². The molecule has 198 valence electrons. The lowest BCUT2D eigenvalue weighted by molar-refractivity contribution is -0.133.